The van der Waals surface area contributed by atoms with E-state index in [0.717, 1.165) is 34.7 Å². The predicted octanol–water partition coefficient (Wildman–Crippen LogP) is 3.63. The van der Waals surface area contributed by atoms with Crippen LogP contribution in [0.1, 0.15) is 25.7 Å². The lowest BCUT2D eigenvalue weighted by molar-refractivity contribution is 0.179. The highest BCUT2D eigenvalue weighted by Crippen LogP contribution is 2.30. The van der Waals surface area contributed by atoms with Crippen molar-refractivity contribution in [3.63, 3.8) is 0 Å². The van der Waals surface area contributed by atoms with Gasteiger partial charge in [0.25, 0.3) is 0 Å². The molecule has 1 aromatic heterocycles. The zero-order valence-corrected chi connectivity index (χ0v) is 13.2. The van der Waals surface area contributed by atoms with Gasteiger partial charge in [0, 0.05) is 12.6 Å². The summed E-state index contributed by atoms with van der Waals surface area (Å²) in [4.78, 5) is 2.47. The number of fused-ring (bicyclic) bond motifs is 1. The van der Waals surface area contributed by atoms with Gasteiger partial charge in [0.15, 0.2) is 0 Å². The molecule has 1 atom stereocenters. The summed E-state index contributed by atoms with van der Waals surface area (Å²) in [6, 6.07) is 4.49. The van der Waals surface area contributed by atoms with Gasteiger partial charge in [-0.15, -0.1) is 0 Å². The third-order valence-corrected chi connectivity index (χ3v) is 4.94. The molecule has 1 saturated heterocycles. The molecule has 0 saturated carbocycles. The lowest BCUT2D eigenvalue weighted by atomic mass is 10.0. The molecule has 108 valence electrons. The van der Waals surface area contributed by atoms with E-state index in [9.17, 15) is 0 Å². The molecule has 0 aliphatic carbocycles. The molecule has 0 spiro atoms. The van der Waals surface area contributed by atoms with Crippen LogP contribution in [-0.4, -0.2) is 39.8 Å². The molecule has 0 bridgehead atoms. The van der Waals surface area contributed by atoms with E-state index in [2.05, 4.69) is 26.0 Å². The highest BCUT2D eigenvalue weighted by atomic mass is 35.5. The average Bonchev–Trinajstić information content (AvgIpc) is 2.92. The second-order valence-corrected chi connectivity index (χ2v) is 6.34. The minimum Gasteiger partial charge on any atom is -0.382 e. The number of likely N-dealkylation sites (tertiary alicyclic amines) is 1. The maximum Gasteiger partial charge on any atom is 0.129 e. The van der Waals surface area contributed by atoms with E-state index in [4.69, 9.17) is 11.6 Å². The molecule has 3 rings (SSSR count). The molecule has 1 N–H and O–H groups in total. The Balaban J connectivity index is 1.65. The van der Waals surface area contributed by atoms with E-state index in [1.807, 2.05) is 12.1 Å². The summed E-state index contributed by atoms with van der Waals surface area (Å²) >= 11 is 7.51. The van der Waals surface area contributed by atoms with E-state index >= 15 is 0 Å². The van der Waals surface area contributed by atoms with Crippen molar-refractivity contribution in [1.29, 1.82) is 0 Å². The number of anilines is 1. The standard InChI is InChI=1S/C14H19ClN4S/c1-19-9-3-2-4-10(19)7-8-16-13-11(15)5-6-12-14(13)18-20-17-12/h5-6,10,16H,2-4,7-9H2,1H3. The minimum atomic E-state index is 0.683. The van der Waals surface area contributed by atoms with Crippen LogP contribution in [0.3, 0.4) is 0 Å². The Hall–Kier alpha value is -0.910. The number of benzene rings is 1. The van der Waals surface area contributed by atoms with Crippen molar-refractivity contribution >= 4 is 40.0 Å². The number of piperidine rings is 1. The van der Waals surface area contributed by atoms with E-state index in [0.29, 0.717) is 6.04 Å². The van der Waals surface area contributed by atoms with Crippen LogP contribution >= 0.6 is 23.3 Å². The molecule has 1 aromatic carbocycles. The third-order valence-electron chi connectivity index (χ3n) is 4.08. The van der Waals surface area contributed by atoms with Gasteiger partial charge in [-0.25, -0.2) is 0 Å². The van der Waals surface area contributed by atoms with Crippen LogP contribution < -0.4 is 5.32 Å². The molecule has 2 heterocycles. The van der Waals surface area contributed by atoms with Crippen LogP contribution in [-0.2, 0) is 0 Å². The van der Waals surface area contributed by atoms with Crippen molar-refractivity contribution in [3.05, 3.63) is 17.2 Å². The summed E-state index contributed by atoms with van der Waals surface area (Å²) in [6.45, 7) is 2.14. The molecular formula is C14H19ClN4S. The molecule has 6 heteroatoms. The monoisotopic (exact) mass is 310 g/mol. The second kappa shape index (κ2) is 6.24. The van der Waals surface area contributed by atoms with Crippen LogP contribution in [0, 0.1) is 0 Å². The van der Waals surface area contributed by atoms with Crippen molar-refractivity contribution in [2.24, 2.45) is 0 Å². The first kappa shape index (κ1) is 14.0. The highest BCUT2D eigenvalue weighted by Gasteiger charge is 2.18. The van der Waals surface area contributed by atoms with E-state index in [1.165, 1.54) is 37.5 Å². The van der Waals surface area contributed by atoms with E-state index in [1.54, 1.807) is 0 Å². The van der Waals surface area contributed by atoms with Crippen LogP contribution in [0.5, 0.6) is 0 Å². The van der Waals surface area contributed by atoms with Gasteiger partial charge < -0.3 is 10.2 Å². The number of rotatable bonds is 4. The van der Waals surface area contributed by atoms with Gasteiger partial charge in [-0.05, 0) is 45.0 Å². The van der Waals surface area contributed by atoms with Gasteiger partial charge in [-0.3, -0.25) is 0 Å². The van der Waals surface area contributed by atoms with Crippen molar-refractivity contribution in [2.75, 3.05) is 25.5 Å². The molecule has 2 aromatic rings. The van der Waals surface area contributed by atoms with Crippen molar-refractivity contribution in [1.82, 2.24) is 13.6 Å². The van der Waals surface area contributed by atoms with Gasteiger partial charge in [0.1, 0.15) is 11.0 Å². The first-order valence-corrected chi connectivity index (χ1v) is 8.21. The molecule has 20 heavy (non-hydrogen) atoms. The van der Waals surface area contributed by atoms with Gasteiger partial charge in [0.05, 0.1) is 22.4 Å². The first-order valence-electron chi connectivity index (χ1n) is 7.10. The Morgan fingerprint density at radius 1 is 1.40 bits per heavy atom. The maximum absolute atomic E-state index is 6.27. The van der Waals surface area contributed by atoms with Crippen LogP contribution in [0.4, 0.5) is 5.69 Å². The van der Waals surface area contributed by atoms with E-state index in [-0.39, 0.29) is 0 Å². The molecule has 0 radical (unpaired) electrons. The summed E-state index contributed by atoms with van der Waals surface area (Å²) in [5.74, 6) is 0. The van der Waals surface area contributed by atoms with Gasteiger partial charge in [-0.1, -0.05) is 18.0 Å². The van der Waals surface area contributed by atoms with Gasteiger partial charge >= 0.3 is 0 Å². The quantitative estimate of drug-likeness (QED) is 0.936. The fourth-order valence-electron chi connectivity index (χ4n) is 2.87. The molecular weight excluding hydrogens is 292 g/mol. The lowest BCUT2D eigenvalue weighted by Crippen LogP contribution is -2.37. The molecule has 1 fully saturated rings. The molecule has 1 unspecified atom stereocenters. The van der Waals surface area contributed by atoms with Gasteiger partial charge in [-0.2, -0.15) is 8.75 Å². The van der Waals surface area contributed by atoms with Crippen LogP contribution in [0.15, 0.2) is 12.1 Å². The Morgan fingerprint density at radius 3 is 3.15 bits per heavy atom. The smallest absolute Gasteiger partial charge is 0.129 e. The number of hydrogen-bond donors (Lipinski definition) is 1. The van der Waals surface area contributed by atoms with Crippen LogP contribution in [0.25, 0.3) is 11.0 Å². The number of aromatic nitrogens is 2. The first-order chi connectivity index (χ1) is 9.75. The Morgan fingerprint density at radius 2 is 2.30 bits per heavy atom. The SMILES string of the molecule is CN1CCCCC1CCNc1c(Cl)ccc2nsnc12. The number of hydrogen-bond acceptors (Lipinski definition) is 5. The Labute approximate surface area is 128 Å². The zero-order chi connectivity index (χ0) is 13.9. The summed E-state index contributed by atoms with van der Waals surface area (Å²) in [6.07, 6.45) is 5.12. The third kappa shape index (κ3) is 2.90. The van der Waals surface area contributed by atoms with Crippen molar-refractivity contribution < 1.29 is 0 Å². The topological polar surface area (TPSA) is 41.0 Å². The second-order valence-electron chi connectivity index (χ2n) is 5.40. The Kier molecular flexibility index (Phi) is 4.38. The summed E-state index contributed by atoms with van der Waals surface area (Å²) < 4.78 is 8.59. The number of halogens is 1. The maximum atomic E-state index is 6.27. The normalized spacial score (nSPS) is 20.4. The van der Waals surface area contributed by atoms with Gasteiger partial charge in [0.2, 0.25) is 0 Å². The van der Waals surface area contributed by atoms with Crippen LogP contribution in [0.2, 0.25) is 5.02 Å². The molecule has 1 aliphatic heterocycles. The summed E-state index contributed by atoms with van der Waals surface area (Å²) in [5, 5.41) is 4.18. The number of nitrogens with zero attached hydrogens (tertiary/aromatic N) is 3. The number of nitrogens with one attached hydrogen (secondary N) is 1. The zero-order valence-electron chi connectivity index (χ0n) is 11.6. The minimum absolute atomic E-state index is 0.683. The molecule has 0 amide bonds. The van der Waals surface area contributed by atoms with E-state index < -0.39 is 0 Å². The fourth-order valence-corrected chi connectivity index (χ4v) is 3.63. The predicted molar refractivity (Wildman–Crippen MR) is 85.8 cm³/mol. The van der Waals surface area contributed by atoms with Crippen molar-refractivity contribution in [2.45, 2.75) is 31.7 Å². The summed E-state index contributed by atoms with van der Waals surface area (Å²) in [5.41, 5.74) is 2.73. The summed E-state index contributed by atoms with van der Waals surface area (Å²) in [7, 11) is 2.22. The Bertz CT molecular complexity index is 586. The largest absolute Gasteiger partial charge is 0.382 e. The molecule has 1 aliphatic rings. The highest BCUT2D eigenvalue weighted by molar-refractivity contribution is 7.00. The molecule has 4 nitrogen and oxygen atoms in total. The average molecular weight is 311 g/mol. The van der Waals surface area contributed by atoms with Crippen molar-refractivity contribution in [3.8, 4) is 0 Å². The fraction of sp³-hybridized carbons (Fsp3) is 0.571. The lowest BCUT2D eigenvalue weighted by Gasteiger charge is -2.32.